The van der Waals surface area contributed by atoms with Crippen LogP contribution in [0.25, 0.3) is 0 Å². The molecule has 1 rings (SSSR count). The number of nitrogens with one attached hydrogen (secondary N) is 1. The minimum Gasteiger partial charge on any atom is -0.352 e. The Labute approximate surface area is 99.2 Å². The summed E-state index contributed by atoms with van der Waals surface area (Å²) < 4.78 is 0. The zero-order valence-electron chi connectivity index (χ0n) is 11.3. The number of nitrogens with two attached hydrogens (primary N) is 1. The number of carbonyl (C=O) groups excluding carboxylic acids is 1. The normalized spacial score (nSPS) is 26.5. The maximum absolute atomic E-state index is 11.9. The molecule has 94 valence electrons. The minimum atomic E-state index is -0.420. The quantitative estimate of drug-likeness (QED) is 0.757. The van der Waals surface area contributed by atoms with E-state index in [1.54, 1.807) is 0 Å². The first-order chi connectivity index (χ1) is 7.12. The third-order valence-corrected chi connectivity index (χ3v) is 3.53. The molecule has 0 spiro atoms. The van der Waals surface area contributed by atoms with Gasteiger partial charge in [-0.05, 0) is 30.1 Å². The van der Waals surface area contributed by atoms with E-state index in [0.717, 1.165) is 12.8 Å². The highest BCUT2D eigenvalue weighted by molar-refractivity contribution is 5.82. The van der Waals surface area contributed by atoms with E-state index in [1.807, 2.05) is 20.8 Å². The molecule has 3 heteroatoms. The molecule has 2 unspecified atom stereocenters. The van der Waals surface area contributed by atoms with Crippen LogP contribution in [0.2, 0.25) is 0 Å². The zero-order chi connectivity index (χ0) is 12.6. The molecule has 0 heterocycles. The minimum absolute atomic E-state index is 0.00444. The van der Waals surface area contributed by atoms with Gasteiger partial charge in [-0.2, -0.15) is 0 Å². The Morgan fingerprint density at radius 1 is 1.44 bits per heavy atom. The van der Waals surface area contributed by atoms with E-state index < -0.39 is 6.04 Å². The van der Waals surface area contributed by atoms with E-state index in [9.17, 15) is 4.79 Å². The summed E-state index contributed by atoms with van der Waals surface area (Å²) in [7, 11) is 0. The van der Waals surface area contributed by atoms with Crippen molar-refractivity contribution in [1.82, 2.24) is 5.32 Å². The van der Waals surface area contributed by atoms with E-state index in [2.05, 4.69) is 19.2 Å². The highest BCUT2D eigenvalue weighted by atomic mass is 16.2. The van der Waals surface area contributed by atoms with E-state index in [1.165, 1.54) is 6.42 Å². The van der Waals surface area contributed by atoms with Crippen molar-refractivity contribution in [2.45, 2.75) is 66.0 Å². The van der Waals surface area contributed by atoms with Gasteiger partial charge in [-0.25, -0.2) is 0 Å². The summed E-state index contributed by atoms with van der Waals surface area (Å²) in [5.41, 5.74) is 6.12. The van der Waals surface area contributed by atoms with Crippen LogP contribution in [0.1, 0.15) is 53.9 Å². The molecule has 1 aliphatic rings. The van der Waals surface area contributed by atoms with Crippen LogP contribution in [-0.2, 0) is 4.79 Å². The van der Waals surface area contributed by atoms with Crippen LogP contribution in [-0.4, -0.2) is 18.0 Å². The summed E-state index contributed by atoms with van der Waals surface area (Å²) in [6, 6.07) is -0.105. The van der Waals surface area contributed by atoms with Gasteiger partial charge in [-0.3, -0.25) is 4.79 Å². The average Bonchev–Trinajstić information content (AvgIpc) is 2.42. The molecule has 0 aromatic carbocycles. The van der Waals surface area contributed by atoms with Crippen LogP contribution in [0.4, 0.5) is 0 Å². The Kier molecular flexibility index (Phi) is 3.68. The van der Waals surface area contributed by atoms with Gasteiger partial charge in [0.15, 0.2) is 0 Å². The van der Waals surface area contributed by atoms with Crippen molar-refractivity contribution in [3.05, 3.63) is 0 Å². The standard InChI is InChI=1S/C13H26N2O/c1-12(2,3)10(14)11(16)15-9-6-7-13(4,5)8-9/h9-10H,6-8,14H2,1-5H3,(H,15,16). The smallest absolute Gasteiger partial charge is 0.237 e. The van der Waals surface area contributed by atoms with Gasteiger partial charge in [0.25, 0.3) is 0 Å². The monoisotopic (exact) mass is 226 g/mol. The Morgan fingerprint density at radius 3 is 2.38 bits per heavy atom. The third-order valence-electron chi connectivity index (χ3n) is 3.53. The van der Waals surface area contributed by atoms with E-state index >= 15 is 0 Å². The van der Waals surface area contributed by atoms with Gasteiger partial charge in [0.05, 0.1) is 6.04 Å². The van der Waals surface area contributed by atoms with Gasteiger partial charge >= 0.3 is 0 Å². The Hall–Kier alpha value is -0.570. The number of carbonyl (C=O) groups is 1. The maximum atomic E-state index is 11.9. The van der Waals surface area contributed by atoms with Crippen molar-refractivity contribution in [3.8, 4) is 0 Å². The highest BCUT2D eigenvalue weighted by Crippen LogP contribution is 2.37. The van der Waals surface area contributed by atoms with Crippen LogP contribution in [0.15, 0.2) is 0 Å². The highest BCUT2D eigenvalue weighted by Gasteiger charge is 2.34. The van der Waals surface area contributed by atoms with Gasteiger partial charge < -0.3 is 11.1 Å². The van der Waals surface area contributed by atoms with Crippen molar-refractivity contribution in [3.63, 3.8) is 0 Å². The van der Waals surface area contributed by atoms with Gasteiger partial charge in [0, 0.05) is 6.04 Å². The van der Waals surface area contributed by atoms with E-state index in [0.29, 0.717) is 11.5 Å². The molecular formula is C13H26N2O. The summed E-state index contributed by atoms with van der Waals surface area (Å²) in [6.45, 7) is 10.5. The summed E-state index contributed by atoms with van der Waals surface area (Å²) in [4.78, 5) is 11.9. The molecule has 16 heavy (non-hydrogen) atoms. The molecular weight excluding hydrogens is 200 g/mol. The Morgan fingerprint density at radius 2 is 2.00 bits per heavy atom. The molecule has 0 aromatic rings. The first-order valence-corrected chi connectivity index (χ1v) is 6.18. The molecule has 0 saturated heterocycles. The lowest BCUT2D eigenvalue weighted by Crippen LogP contribution is -2.51. The second-order valence-corrected chi connectivity index (χ2v) is 6.96. The van der Waals surface area contributed by atoms with Gasteiger partial charge in [-0.1, -0.05) is 34.6 Å². The fourth-order valence-electron chi connectivity index (χ4n) is 2.24. The lowest BCUT2D eigenvalue weighted by molar-refractivity contribution is -0.125. The predicted molar refractivity (Wildman–Crippen MR) is 67.0 cm³/mol. The molecule has 3 nitrogen and oxygen atoms in total. The van der Waals surface area contributed by atoms with Crippen LogP contribution in [0.3, 0.4) is 0 Å². The van der Waals surface area contributed by atoms with E-state index in [4.69, 9.17) is 5.73 Å². The first-order valence-electron chi connectivity index (χ1n) is 6.18. The van der Waals surface area contributed by atoms with E-state index in [-0.39, 0.29) is 11.3 Å². The number of amides is 1. The predicted octanol–water partition coefficient (Wildman–Crippen LogP) is 2.05. The summed E-state index contributed by atoms with van der Waals surface area (Å²) in [6.07, 6.45) is 3.33. The van der Waals surface area contributed by atoms with Crippen LogP contribution in [0, 0.1) is 10.8 Å². The molecule has 3 N–H and O–H groups in total. The van der Waals surface area contributed by atoms with Crippen LogP contribution < -0.4 is 11.1 Å². The summed E-state index contributed by atoms with van der Waals surface area (Å²) >= 11 is 0. The molecule has 0 aromatic heterocycles. The SMILES string of the molecule is CC1(C)CCC(NC(=O)C(N)C(C)(C)C)C1. The molecule has 0 radical (unpaired) electrons. The fourth-order valence-corrected chi connectivity index (χ4v) is 2.24. The summed E-state index contributed by atoms with van der Waals surface area (Å²) in [5.74, 6) is -0.00444. The Balaban J connectivity index is 2.47. The van der Waals surface area contributed by atoms with Crippen molar-refractivity contribution in [2.75, 3.05) is 0 Å². The molecule has 0 bridgehead atoms. The average molecular weight is 226 g/mol. The molecule has 2 atom stereocenters. The van der Waals surface area contributed by atoms with Gasteiger partial charge in [0.2, 0.25) is 5.91 Å². The lowest BCUT2D eigenvalue weighted by atomic mass is 9.86. The molecule has 1 aliphatic carbocycles. The second-order valence-electron chi connectivity index (χ2n) is 6.96. The van der Waals surface area contributed by atoms with Crippen molar-refractivity contribution >= 4 is 5.91 Å². The lowest BCUT2D eigenvalue weighted by Gasteiger charge is -2.27. The van der Waals surface area contributed by atoms with Crippen LogP contribution in [0.5, 0.6) is 0 Å². The number of hydrogen-bond acceptors (Lipinski definition) is 2. The molecule has 0 aliphatic heterocycles. The molecule has 1 amide bonds. The summed E-state index contributed by atoms with van der Waals surface area (Å²) in [5, 5.41) is 3.08. The van der Waals surface area contributed by atoms with Crippen LogP contribution >= 0.6 is 0 Å². The molecule has 1 fully saturated rings. The van der Waals surface area contributed by atoms with Crippen molar-refractivity contribution < 1.29 is 4.79 Å². The van der Waals surface area contributed by atoms with Gasteiger partial charge in [-0.15, -0.1) is 0 Å². The topological polar surface area (TPSA) is 55.1 Å². The molecule has 1 saturated carbocycles. The maximum Gasteiger partial charge on any atom is 0.237 e. The second kappa shape index (κ2) is 4.36. The first kappa shape index (κ1) is 13.5. The fraction of sp³-hybridized carbons (Fsp3) is 0.923. The Bertz CT molecular complexity index is 266. The largest absolute Gasteiger partial charge is 0.352 e. The van der Waals surface area contributed by atoms with Gasteiger partial charge in [0.1, 0.15) is 0 Å². The third kappa shape index (κ3) is 3.48. The van der Waals surface area contributed by atoms with Crippen molar-refractivity contribution in [1.29, 1.82) is 0 Å². The zero-order valence-corrected chi connectivity index (χ0v) is 11.3. The number of rotatable bonds is 2. The van der Waals surface area contributed by atoms with Crippen molar-refractivity contribution in [2.24, 2.45) is 16.6 Å². The number of hydrogen-bond donors (Lipinski definition) is 2.